The number of hydrogen-bond donors (Lipinski definition) is 3. The summed E-state index contributed by atoms with van der Waals surface area (Å²) in [5.41, 5.74) is 3.71. The van der Waals surface area contributed by atoms with E-state index in [1.54, 1.807) is 38.1 Å². The van der Waals surface area contributed by atoms with Gasteiger partial charge in [0.15, 0.2) is 5.82 Å². The van der Waals surface area contributed by atoms with Crippen LogP contribution >= 0.6 is 0 Å². The van der Waals surface area contributed by atoms with Crippen molar-refractivity contribution in [2.75, 3.05) is 12.4 Å². The summed E-state index contributed by atoms with van der Waals surface area (Å²) in [4.78, 5) is 31.8. The molecule has 1 atom stereocenters. The molecule has 0 aliphatic carbocycles. The van der Waals surface area contributed by atoms with E-state index in [0.29, 0.717) is 11.2 Å². The normalized spacial score (nSPS) is 12.4. The molecule has 0 bridgehead atoms. The van der Waals surface area contributed by atoms with Crippen molar-refractivity contribution >= 4 is 38.6 Å². The molecule has 1 unspecified atom stereocenters. The van der Waals surface area contributed by atoms with Gasteiger partial charge in [0.25, 0.3) is 5.91 Å². The first-order chi connectivity index (χ1) is 17.2. The van der Waals surface area contributed by atoms with Gasteiger partial charge in [-0.2, -0.15) is 4.72 Å². The Morgan fingerprint density at radius 1 is 0.917 bits per heavy atom. The van der Waals surface area contributed by atoms with E-state index in [9.17, 15) is 18.0 Å². The van der Waals surface area contributed by atoms with E-state index in [0.717, 1.165) is 16.6 Å². The molecule has 3 aromatic carbocycles. The Kier molecular flexibility index (Phi) is 7.18. The number of imidazole rings is 1. The average molecular weight is 507 g/mol. The van der Waals surface area contributed by atoms with Gasteiger partial charge in [0.1, 0.15) is 6.04 Å². The monoisotopic (exact) mass is 506 g/mol. The van der Waals surface area contributed by atoms with Gasteiger partial charge in [-0.05, 0) is 53.4 Å². The van der Waals surface area contributed by atoms with E-state index in [4.69, 9.17) is 4.74 Å². The minimum absolute atomic E-state index is 0.0375. The number of ether oxygens (including phenoxy) is 1. The number of nitrogens with zero attached hydrogens (tertiary/aromatic N) is 1. The summed E-state index contributed by atoms with van der Waals surface area (Å²) in [6.07, 6.45) is 0. The van der Waals surface area contributed by atoms with Crippen molar-refractivity contribution in [2.45, 2.75) is 24.8 Å². The summed E-state index contributed by atoms with van der Waals surface area (Å²) in [5.74, 6) is -1.06. The van der Waals surface area contributed by atoms with E-state index in [1.807, 2.05) is 36.4 Å². The predicted octanol–water partition coefficient (Wildman–Crippen LogP) is 3.96. The highest BCUT2D eigenvalue weighted by Gasteiger charge is 2.29. The number of carbonyl (C=O) groups is 2. The molecule has 0 aliphatic rings. The Hall–Kier alpha value is -4.02. The van der Waals surface area contributed by atoms with E-state index < -0.39 is 22.0 Å². The highest BCUT2D eigenvalue weighted by molar-refractivity contribution is 7.89. The molecule has 0 aliphatic heterocycles. The van der Waals surface area contributed by atoms with Crippen LogP contribution in [0.25, 0.3) is 22.2 Å². The van der Waals surface area contributed by atoms with Gasteiger partial charge in [-0.15, -0.1) is 0 Å². The summed E-state index contributed by atoms with van der Waals surface area (Å²) in [6, 6.07) is 19.9. The lowest BCUT2D eigenvalue weighted by Crippen LogP contribution is -2.44. The molecule has 1 amide bonds. The van der Waals surface area contributed by atoms with Crippen molar-refractivity contribution in [1.82, 2.24) is 14.7 Å². The minimum atomic E-state index is -3.92. The zero-order chi connectivity index (χ0) is 25.9. The molecule has 0 fully saturated rings. The Morgan fingerprint density at radius 3 is 2.11 bits per heavy atom. The molecule has 0 radical (unpaired) electrons. The second-order valence-corrected chi connectivity index (χ2v) is 10.2. The average Bonchev–Trinajstić information content (AvgIpc) is 3.32. The maximum atomic E-state index is 12.8. The van der Waals surface area contributed by atoms with Gasteiger partial charge in [-0.1, -0.05) is 50.2 Å². The molecule has 10 heteroatoms. The number of nitrogens with one attached hydrogen (secondary N) is 3. The Labute approximate surface area is 209 Å². The smallest absolute Gasteiger partial charge is 0.324 e. The molecule has 9 nitrogen and oxygen atoms in total. The summed E-state index contributed by atoms with van der Waals surface area (Å²) >= 11 is 0. The summed E-state index contributed by atoms with van der Waals surface area (Å²) in [6.45, 7) is 3.46. The van der Waals surface area contributed by atoms with Crippen molar-refractivity contribution in [1.29, 1.82) is 0 Å². The van der Waals surface area contributed by atoms with E-state index in [1.165, 1.54) is 19.2 Å². The topological polar surface area (TPSA) is 130 Å². The second-order valence-electron chi connectivity index (χ2n) is 8.52. The van der Waals surface area contributed by atoms with Crippen LogP contribution in [0.1, 0.15) is 24.5 Å². The fourth-order valence-electron chi connectivity index (χ4n) is 3.64. The lowest BCUT2D eigenvalue weighted by molar-refractivity contribution is -0.143. The zero-order valence-corrected chi connectivity index (χ0v) is 20.8. The lowest BCUT2D eigenvalue weighted by Gasteiger charge is -2.19. The molecule has 1 aromatic heterocycles. The van der Waals surface area contributed by atoms with Crippen molar-refractivity contribution in [3.05, 3.63) is 78.6 Å². The van der Waals surface area contributed by atoms with Crippen LogP contribution in [-0.2, 0) is 19.6 Å². The predicted molar refractivity (Wildman–Crippen MR) is 137 cm³/mol. The number of aromatic amines is 1. The standard InChI is InChI=1S/C26H26N4O5S/c1-16(2)23(26(32)35-3)30-36(33,34)20-14-10-18(11-15-20)17-8-12-19(13-9-17)27-25(31)24-28-21-6-4-5-7-22(21)29-24/h4-16,23,30H,1-3H3,(H,27,31)(H,28,29). The molecule has 36 heavy (non-hydrogen) atoms. The second kappa shape index (κ2) is 10.3. The first-order valence-electron chi connectivity index (χ1n) is 11.2. The van der Waals surface area contributed by atoms with Crippen LogP contribution in [0.4, 0.5) is 5.69 Å². The number of amides is 1. The number of carbonyl (C=O) groups excluding carboxylic acids is 2. The van der Waals surface area contributed by atoms with Gasteiger partial charge < -0.3 is 15.0 Å². The molecule has 4 aromatic rings. The van der Waals surface area contributed by atoms with Crippen molar-refractivity contribution in [3.8, 4) is 11.1 Å². The number of rotatable bonds is 8. The minimum Gasteiger partial charge on any atom is -0.468 e. The summed E-state index contributed by atoms with van der Waals surface area (Å²) < 4.78 is 32.7. The number of hydrogen-bond acceptors (Lipinski definition) is 6. The number of H-pyrrole nitrogens is 1. The van der Waals surface area contributed by atoms with Gasteiger partial charge in [0.2, 0.25) is 10.0 Å². The van der Waals surface area contributed by atoms with Crippen LogP contribution in [0.15, 0.2) is 77.7 Å². The fourth-order valence-corrected chi connectivity index (χ4v) is 4.97. The van der Waals surface area contributed by atoms with E-state index >= 15 is 0 Å². The number of sulfonamides is 1. The van der Waals surface area contributed by atoms with Gasteiger partial charge in [0, 0.05) is 5.69 Å². The summed E-state index contributed by atoms with van der Waals surface area (Å²) in [7, 11) is -2.70. The molecular weight excluding hydrogens is 480 g/mol. The van der Waals surface area contributed by atoms with Crippen LogP contribution in [0.2, 0.25) is 0 Å². The molecule has 0 saturated heterocycles. The van der Waals surface area contributed by atoms with Crippen LogP contribution < -0.4 is 10.0 Å². The van der Waals surface area contributed by atoms with Crippen LogP contribution in [0, 0.1) is 5.92 Å². The number of methoxy groups -OCH3 is 1. The largest absolute Gasteiger partial charge is 0.468 e. The number of benzene rings is 3. The van der Waals surface area contributed by atoms with Crippen LogP contribution in [-0.4, -0.2) is 43.4 Å². The van der Waals surface area contributed by atoms with Crippen molar-refractivity contribution < 1.29 is 22.7 Å². The molecule has 1 heterocycles. The molecular formula is C26H26N4O5S. The highest BCUT2D eigenvalue weighted by atomic mass is 32.2. The van der Waals surface area contributed by atoms with E-state index in [-0.39, 0.29) is 22.5 Å². The number of fused-ring (bicyclic) bond motifs is 1. The van der Waals surface area contributed by atoms with Gasteiger partial charge >= 0.3 is 5.97 Å². The van der Waals surface area contributed by atoms with Crippen LogP contribution in [0.3, 0.4) is 0 Å². The zero-order valence-electron chi connectivity index (χ0n) is 20.0. The fraction of sp³-hybridized carbons (Fsp3) is 0.192. The first kappa shape index (κ1) is 25.1. The SMILES string of the molecule is COC(=O)C(NS(=O)(=O)c1ccc(-c2ccc(NC(=O)c3nc4ccccc4[nH]3)cc2)cc1)C(C)C. The Bertz CT molecular complexity index is 1460. The molecule has 4 rings (SSSR count). The third-order valence-corrected chi connectivity index (χ3v) is 7.11. The van der Waals surface area contributed by atoms with Gasteiger partial charge in [-0.3, -0.25) is 9.59 Å². The quantitative estimate of drug-likeness (QED) is 0.310. The summed E-state index contributed by atoms with van der Waals surface area (Å²) in [5, 5.41) is 2.81. The van der Waals surface area contributed by atoms with Crippen LogP contribution in [0.5, 0.6) is 0 Å². The van der Waals surface area contributed by atoms with Gasteiger partial charge in [-0.25, -0.2) is 13.4 Å². The Morgan fingerprint density at radius 2 is 1.53 bits per heavy atom. The highest BCUT2D eigenvalue weighted by Crippen LogP contribution is 2.24. The first-order valence-corrected chi connectivity index (χ1v) is 12.7. The Balaban J connectivity index is 1.45. The number of anilines is 1. The molecule has 186 valence electrons. The van der Waals surface area contributed by atoms with Crippen molar-refractivity contribution in [3.63, 3.8) is 0 Å². The maximum absolute atomic E-state index is 12.8. The third-order valence-electron chi connectivity index (χ3n) is 5.65. The van der Waals surface area contributed by atoms with Gasteiger partial charge in [0.05, 0.1) is 23.0 Å². The lowest BCUT2D eigenvalue weighted by atomic mass is 10.1. The van der Waals surface area contributed by atoms with Crippen molar-refractivity contribution in [2.24, 2.45) is 5.92 Å². The number of aromatic nitrogens is 2. The number of esters is 1. The molecule has 0 saturated carbocycles. The molecule has 3 N–H and O–H groups in total. The maximum Gasteiger partial charge on any atom is 0.324 e. The number of para-hydroxylation sites is 2. The van der Waals surface area contributed by atoms with E-state index in [2.05, 4.69) is 20.0 Å². The third kappa shape index (κ3) is 5.45. The molecule has 0 spiro atoms.